The van der Waals surface area contributed by atoms with E-state index < -0.39 is 17.5 Å². The molecule has 0 aromatic heterocycles. The number of hydrogen-bond donors (Lipinski definition) is 1. The molecule has 0 unspecified atom stereocenters. The van der Waals surface area contributed by atoms with Gasteiger partial charge in [-0.05, 0) is 37.1 Å². The summed E-state index contributed by atoms with van der Waals surface area (Å²) in [5.41, 5.74) is 2.41. The zero-order chi connectivity index (χ0) is 14.0. The summed E-state index contributed by atoms with van der Waals surface area (Å²) >= 11 is 0. The molecule has 2 aromatic carbocycles. The smallest absolute Gasteiger partial charge is 0.255 e. The minimum Gasteiger partial charge on any atom is -0.322 e. The lowest BCUT2D eigenvalue weighted by Crippen LogP contribution is -2.14. The van der Waals surface area contributed by atoms with Crippen LogP contribution in [0.15, 0.2) is 36.4 Å². The van der Waals surface area contributed by atoms with Crippen molar-refractivity contribution in [2.45, 2.75) is 13.8 Å². The molecule has 0 saturated carbocycles. The van der Waals surface area contributed by atoms with Crippen molar-refractivity contribution in [3.63, 3.8) is 0 Å². The number of amides is 1. The van der Waals surface area contributed by atoms with Crippen molar-refractivity contribution in [3.05, 3.63) is 64.7 Å². The van der Waals surface area contributed by atoms with Crippen molar-refractivity contribution in [1.29, 1.82) is 0 Å². The number of anilines is 1. The molecule has 0 spiro atoms. The number of benzene rings is 2. The van der Waals surface area contributed by atoms with Crippen LogP contribution in [0.1, 0.15) is 21.5 Å². The van der Waals surface area contributed by atoms with Gasteiger partial charge in [-0.3, -0.25) is 4.79 Å². The van der Waals surface area contributed by atoms with Crippen molar-refractivity contribution in [1.82, 2.24) is 0 Å². The van der Waals surface area contributed by atoms with E-state index in [-0.39, 0.29) is 5.56 Å². The normalized spacial score (nSPS) is 10.3. The van der Waals surface area contributed by atoms with Gasteiger partial charge in [0.25, 0.3) is 5.91 Å². The number of rotatable bonds is 2. The van der Waals surface area contributed by atoms with Gasteiger partial charge in [0, 0.05) is 17.3 Å². The fraction of sp³-hybridized carbons (Fsp3) is 0.133. The molecule has 0 aliphatic heterocycles. The summed E-state index contributed by atoms with van der Waals surface area (Å²) in [6.07, 6.45) is 0. The van der Waals surface area contributed by atoms with Gasteiger partial charge in [0.15, 0.2) is 0 Å². The molecule has 0 radical (unpaired) electrons. The first-order valence-electron chi connectivity index (χ1n) is 5.81. The minimum absolute atomic E-state index is 0.0415. The molecule has 0 heterocycles. The lowest BCUT2D eigenvalue weighted by molar-refractivity contribution is 0.102. The molecule has 2 nitrogen and oxygen atoms in total. The van der Waals surface area contributed by atoms with Crippen LogP contribution in [0.5, 0.6) is 0 Å². The predicted octanol–water partition coefficient (Wildman–Crippen LogP) is 3.83. The zero-order valence-electron chi connectivity index (χ0n) is 10.6. The van der Waals surface area contributed by atoms with Gasteiger partial charge in [0.2, 0.25) is 0 Å². The molecule has 2 rings (SSSR count). The molecule has 4 heteroatoms. The summed E-state index contributed by atoms with van der Waals surface area (Å²) in [5, 5.41) is 2.68. The predicted molar refractivity (Wildman–Crippen MR) is 70.2 cm³/mol. The number of nitrogens with one attached hydrogen (secondary N) is 1. The topological polar surface area (TPSA) is 29.1 Å². The van der Waals surface area contributed by atoms with Crippen LogP contribution in [0.2, 0.25) is 0 Å². The van der Waals surface area contributed by atoms with Crippen molar-refractivity contribution in [2.24, 2.45) is 0 Å². The SMILES string of the molecule is Cc1cccc(C)c1NC(=O)c1cc(F)cc(F)c1. The van der Waals surface area contributed by atoms with Crippen LogP contribution in [-0.4, -0.2) is 5.91 Å². The van der Waals surface area contributed by atoms with E-state index in [0.29, 0.717) is 5.69 Å². The highest BCUT2D eigenvalue weighted by molar-refractivity contribution is 6.05. The number of aryl methyl sites for hydroxylation is 2. The summed E-state index contributed by atoms with van der Waals surface area (Å²) in [4.78, 5) is 12.0. The summed E-state index contributed by atoms with van der Waals surface area (Å²) in [6.45, 7) is 3.71. The number of carbonyl (C=O) groups is 1. The zero-order valence-corrected chi connectivity index (χ0v) is 10.6. The Balaban J connectivity index is 2.31. The highest BCUT2D eigenvalue weighted by Crippen LogP contribution is 2.20. The van der Waals surface area contributed by atoms with Crippen molar-refractivity contribution in [2.75, 3.05) is 5.32 Å². The summed E-state index contributed by atoms with van der Waals surface area (Å²) in [5.74, 6) is -2.07. The van der Waals surface area contributed by atoms with Gasteiger partial charge in [0.1, 0.15) is 11.6 Å². The van der Waals surface area contributed by atoms with E-state index in [9.17, 15) is 13.6 Å². The Bertz CT molecular complexity index is 598. The molecule has 19 heavy (non-hydrogen) atoms. The molecule has 98 valence electrons. The number of halogens is 2. The fourth-order valence-electron chi connectivity index (χ4n) is 1.88. The summed E-state index contributed by atoms with van der Waals surface area (Å²) < 4.78 is 26.1. The molecule has 1 amide bonds. The molecule has 2 aromatic rings. The molecule has 0 aliphatic rings. The van der Waals surface area contributed by atoms with Crippen LogP contribution < -0.4 is 5.32 Å². The largest absolute Gasteiger partial charge is 0.322 e. The van der Waals surface area contributed by atoms with Crippen LogP contribution in [0.4, 0.5) is 14.5 Å². The van der Waals surface area contributed by atoms with Gasteiger partial charge in [-0.2, -0.15) is 0 Å². The van der Waals surface area contributed by atoms with Gasteiger partial charge in [0.05, 0.1) is 0 Å². The average Bonchev–Trinajstić information content (AvgIpc) is 2.32. The Morgan fingerprint density at radius 1 is 1.00 bits per heavy atom. The molecule has 0 saturated heterocycles. The average molecular weight is 261 g/mol. The highest BCUT2D eigenvalue weighted by atomic mass is 19.1. The van der Waals surface area contributed by atoms with E-state index in [1.807, 2.05) is 32.0 Å². The Hall–Kier alpha value is -2.23. The highest BCUT2D eigenvalue weighted by Gasteiger charge is 2.11. The Morgan fingerprint density at radius 2 is 1.53 bits per heavy atom. The number of carbonyl (C=O) groups excluding carboxylic acids is 1. The monoisotopic (exact) mass is 261 g/mol. The van der Waals surface area contributed by atoms with E-state index in [0.717, 1.165) is 29.3 Å². The third kappa shape index (κ3) is 2.96. The lowest BCUT2D eigenvalue weighted by Gasteiger charge is -2.11. The Labute approximate surface area is 110 Å². The third-order valence-corrected chi connectivity index (χ3v) is 2.84. The Kier molecular flexibility index (Phi) is 3.60. The van der Waals surface area contributed by atoms with Crippen LogP contribution in [0.3, 0.4) is 0 Å². The molecule has 0 aliphatic carbocycles. The number of hydrogen-bond acceptors (Lipinski definition) is 1. The van der Waals surface area contributed by atoms with E-state index in [1.54, 1.807) is 0 Å². The van der Waals surface area contributed by atoms with Gasteiger partial charge in [-0.25, -0.2) is 8.78 Å². The maximum Gasteiger partial charge on any atom is 0.255 e. The van der Waals surface area contributed by atoms with Crippen molar-refractivity contribution in [3.8, 4) is 0 Å². The van der Waals surface area contributed by atoms with Crippen LogP contribution in [-0.2, 0) is 0 Å². The van der Waals surface area contributed by atoms with E-state index >= 15 is 0 Å². The molecular weight excluding hydrogens is 248 g/mol. The van der Waals surface area contributed by atoms with Crippen LogP contribution in [0, 0.1) is 25.5 Å². The first-order valence-corrected chi connectivity index (χ1v) is 5.81. The molecular formula is C15H13F2NO. The van der Waals surface area contributed by atoms with Crippen LogP contribution in [0.25, 0.3) is 0 Å². The molecule has 0 bridgehead atoms. The van der Waals surface area contributed by atoms with Gasteiger partial charge >= 0.3 is 0 Å². The lowest BCUT2D eigenvalue weighted by atomic mass is 10.1. The van der Waals surface area contributed by atoms with Gasteiger partial charge in [-0.15, -0.1) is 0 Å². The Morgan fingerprint density at radius 3 is 2.05 bits per heavy atom. The number of para-hydroxylation sites is 1. The first kappa shape index (κ1) is 13.2. The van der Waals surface area contributed by atoms with Crippen LogP contribution >= 0.6 is 0 Å². The molecule has 0 fully saturated rings. The van der Waals surface area contributed by atoms with Crippen molar-refractivity contribution >= 4 is 11.6 Å². The fourth-order valence-corrected chi connectivity index (χ4v) is 1.88. The maximum absolute atomic E-state index is 13.1. The molecule has 1 N–H and O–H groups in total. The second-order valence-electron chi connectivity index (χ2n) is 4.38. The van der Waals surface area contributed by atoms with E-state index in [4.69, 9.17) is 0 Å². The summed E-state index contributed by atoms with van der Waals surface area (Å²) in [7, 11) is 0. The summed E-state index contributed by atoms with van der Waals surface area (Å²) in [6, 6.07) is 8.33. The van der Waals surface area contributed by atoms with E-state index in [1.165, 1.54) is 0 Å². The second kappa shape index (κ2) is 5.18. The third-order valence-electron chi connectivity index (χ3n) is 2.84. The quantitative estimate of drug-likeness (QED) is 0.874. The second-order valence-corrected chi connectivity index (χ2v) is 4.38. The minimum atomic E-state index is -0.772. The van der Waals surface area contributed by atoms with E-state index in [2.05, 4.69) is 5.32 Å². The standard InChI is InChI=1S/C15H13F2NO/c1-9-4-3-5-10(2)14(9)18-15(19)11-6-12(16)8-13(17)7-11/h3-8H,1-2H3,(H,18,19). The first-order chi connectivity index (χ1) is 8.97. The molecule has 0 atom stereocenters. The van der Waals surface area contributed by atoms with Gasteiger partial charge < -0.3 is 5.32 Å². The maximum atomic E-state index is 13.1. The van der Waals surface area contributed by atoms with Gasteiger partial charge in [-0.1, -0.05) is 18.2 Å². The van der Waals surface area contributed by atoms with Crippen molar-refractivity contribution < 1.29 is 13.6 Å².